The first kappa shape index (κ1) is 18.6. The van der Waals surface area contributed by atoms with Gasteiger partial charge < -0.3 is 10.3 Å². The molecule has 3 aromatic carbocycles. The van der Waals surface area contributed by atoms with Gasteiger partial charge in [0.05, 0.1) is 23.1 Å². The number of benzene rings is 3. The van der Waals surface area contributed by atoms with Crippen LogP contribution in [0.3, 0.4) is 0 Å². The van der Waals surface area contributed by atoms with E-state index < -0.39 is 0 Å². The number of nitrogens with zero attached hydrogens (tertiary/aromatic N) is 1. The molecule has 4 rings (SSSR count). The lowest BCUT2D eigenvalue weighted by Gasteiger charge is -2.10. The molecule has 2 N–H and O–H groups in total. The molecule has 1 amide bonds. The number of para-hydroxylation sites is 2. The monoisotopic (exact) mass is 383 g/mol. The molecule has 0 fully saturated rings. The summed E-state index contributed by atoms with van der Waals surface area (Å²) in [6.07, 6.45) is 0. The first-order valence-electron chi connectivity index (χ1n) is 9.46. The lowest BCUT2D eigenvalue weighted by atomic mass is 9.95. The quantitative estimate of drug-likeness (QED) is 0.504. The van der Waals surface area contributed by atoms with E-state index in [0.717, 1.165) is 22.2 Å². The molecule has 0 saturated carbocycles. The predicted molar refractivity (Wildman–Crippen MR) is 113 cm³/mol. The highest BCUT2D eigenvalue weighted by molar-refractivity contribution is 6.15. The number of hydrogen-bond donors (Lipinski definition) is 2. The second-order valence-electron chi connectivity index (χ2n) is 7.06. The van der Waals surface area contributed by atoms with Crippen LogP contribution in [0.25, 0.3) is 11.0 Å². The topological polar surface area (TPSA) is 74.8 Å². The number of nitrogens with one attached hydrogen (secondary N) is 2. The van der Waals surface area contributed by atoms with Gasteiger partial charge in [-0.3, -0.25) is 9.59 Å². The number of rotatable bonds is 5. The molecule has 0 unspecified atom stereocenters. The fourth-order valence-corrected chi connectivity index (χ4v) is 3.27. The number of carbonyl (C=O) groups excluding carboxylic acids is 2. The Morgan fingerprint density at radius 2 is 1.62 bits per heavy atom. The first-order chi connectivity index (χ1) is 14.0. The number of H-pyrrole nitrogens is 1. The molecule has 1 aromatic heterocycles. The fraction of sp³-hybridized carbons (Fsp3) is 0.125. The second-order valence-corrected chi connectivity index (χ2v) is 7.06. The highest BCUT2D eigenvalue weighted by Gasteiger charge is 2.18. The Labute approximate surface area is 168 Å². The number of imidazole rings is 1. The number of hydrogen-bond acceptors (Lipinski definition) is 3. The Morgan fingerprint density at radius 1 is 0.897 bits per heavy atom. The van der Waals surface area contributed by atoms with Crippen molar-refractivity contribution in [3.63, 3.8) is 0 Å². The van der Waals surface area contributed by atoms with Crippen molar-refractivity contribution in [1.29, 1.82) is 0 Å². The minimum absolute atomic E-state index is 0.164. The van der Waals surface area contributed by atoms with Crippen LogP contribution in [0.1, 0.15) is 43.2 Å². The van der Waals surface area contributed by atoms with Gasteiger partial charge in [0.2, 0.25) is 0 Å². The average molecular weight is 383 g/mol. The molecule has 0 bridgehead atoms. The Kier molecular flexibility index (Phi) is 4.96. The Balaban J connectivity index is 1.56. The molecule has 0 spiro atoms. The summed E-state index contributed by atoms with van der Waals surface area (Å²) < 4.78 is 0. The standard InChI is InChI=1S/C24H21N3O2/c1-15-11-12-17(13-16(15)2)23(28)18-7-3-4-8-19(18)24(29)25-14-22-26-20-9-5-6-10-21(20)27-22/h3-13H,14H2,1-2H3,(H,25,29)(H,26,27). The molecule has 29 heavy (non-hydrogen) atoms. The molecule has 0 saturated heterocycles. The fourth-order valence-electron chi connectivity index (χ4n) is 3.27. The highest BCUT2D eigenvalue weighted by atomic mass is 16.2. The third kappa shape index (κ3) is 3.80. The van der Waals surface area contributed by atoms with Crippen LogP contribution < -0.4 is 5.32 Å². The third-order valence-corrected chi connectivity index (χ3v) is 5.04. The molecule has 5 heteroatoms. The van der Waals surface area contributed by atoms with Crippen LogP contribution in [0, 0.1) is 13.8 Å². The van der Waals surface area contributed by atoms with Gasteiger partial charge in [-0.1, -0.05) is 42.5 Å². The number of aromatic amines is 1. The van der Waals surface area contributed by atoms with Crippen molar-refractivity contribution < 1.29 is 9.59 Å². The van der Waals surface area contributed by atoms with Gasteiger partial charge in [0.15, 0.2) is 5.78 Å². The van der Waals surface area contributed by atoms with Gasteiger partial charge in [-0.05, 0) is 49.2 Å². The SMILES string of the molecule is Cc1ccc(C(=O)c2ccccc2C(=O)NCc2nc3ccccc3[nH]2)cc1C. The minimum Gasteiger partial charge on any atom is -0.345 e. The van der Waals surface area contributed by atoms with Crippen molar-refractivity contribution in [1.82, 2.24) is 15.3 Å². The minimum atomic E-state index is -0.307. The van der Waals surface area contributed by atoms with Crippen LogP contribution >= 0.6 is 0 Å². The summed E-state index contributed by atoms with van der Waals surface area (Å²) in [5, 5.41) is 2.86. The number of amides is 1. The van der Waals surface area contributed by atoms with Gasteiger partial charge in [-0.25, -0.2) is 4.98 Å². The van der Waals surface area contributed by atoms with Gasteiger partial charge in [0.25, 0.3) is 5.91 Å². The van der Waals surface area contributed by atoms with Crippen LogP contribution in [0.5, 0.6) is 0 Å². The summed E-state index contributed by atoms with van der Waals surface area (Å²) in [7, 11) is 0. The molecular formula is C24H21N3O2. The smallest absolute Gasteiger partial charge is 0.252 e. The molecule has 0 atom stereocenters. The van der Waals surface area contributed by atoms with E-state index in [1.54, 1.807) is 30.3 Å². The molecule has 4 aromatic rings. The van der Waals surface area contributed by atoms with E-state index in [-0.39, 0.29) is 18.2 Å². The average Bonchev–Trinajstić information content (AvgIpc) is 3.16. The molecule has 144 valence electrons. The molecule has 0 aliphatic carbocycles. The Morgan fingerprint density at radius 3 is 2.38 bits per heavy atom. The molecular weight excluding hydrogens is 362 g/mol. The molecule has 1 heterocycles. The molecule has 0 radical (unpaired) electrons. The van der Waals surface area contributed by atoms with E-state index in [1.165, 1.54) is 0 Å². The Hall–Kier alpha value is -3.73. The van der Waals surface area contributed by atoms with Crippen molar-refractivity contribution in [2.45, 2.75) is 20.4 Å². The maximum Gasteiger partial charge on any atom is 0.252 e. The molecule has 0 aliphatic rings. The molecule has 5 nitrogen and oxygen atoms in total. The summed E-state index contributed by atoms with van der Waals surface area (Å²) in [5.74, 6) is 0.193. The zero-order valence-electron chi connectivity index (χ0n) is 16.3. The predicted octanol–water partition coefficient (Wildman–Crippen LogP) is 4.34. The Bertz CT molecular complexity index is 1190. The van der Waals surface area contributed by atoms with Crippen molar-refractivity contribution in [3.8, 4) is 0 Å². The summed E-state index contributed by atoms with van der Waals surface area (Å²) in [6, 6.07) is 20.2. The summed E-state index contributed by atoms with van der Waals surface area (Å²) in [5.41, 5.74) is 5.25. The first-order valence-corrected chi connectivity index (χ1v) is 9.46. The number of carbonyl (C=O) groups is 2. The van der Waals surface area contributed by atoms with E-state index in [0.29, 0.717) is 22.5 Å². The number of aromatic nitrogens is 2. The van der Waals surface area contributed by atoms with E-state index in [2.05, 4.69) is 15.3 Å². The van der Waals surface area contributed by atoms with E-state index in [1.807, 2.05) is 50.2 Å². The number of aryl methyl sites for hydroxylation is 2. The lowest BCUT2D eigenvalue weighted by Crippen LogP contribution is -2.25. The van der Waals surface area contributed by atoms with Crippen LogP contribution in [-0.4, -0.2) is 21.7 Å². The number of fused-ring (bicyclic) bond motifs is 1. The van der Waals surface area contributed by atoms with Gasteiger partial charge in [0, 0.05) is 11.1 Å². The van der Waals surface area contributed by atoms with Gasteiger partial charge >= 0.3 is 0 Å². The van der Waals surface area contributed by atoms with Crippen LogP contribution in [0.4, 0.5) is 0 Å². The van der Waals surface area contributed by atoms with Crippen LogP contribution in [0.15, 0.2) is 66.7 Å². The summed E-state index contributed by atoms with van der Waals surface area (Å²) in [4.78, 5) is 33.5. The van der Waals surface area contributed by atoms with Crippen molar-refractivity contribution in [2.24, 2.45) is 0 Å². The maximum absolute atomic E-state index is 13.0. The highest BCUT2D eigenvalue weighted by Crippen LogP contribution is 2.18. The second kappa shape index (κ2) is 7.72. The normalized spacial score (nSPS) is 10.8. The van der Waals surface area contributed by atoms with Crippen molar-refractivity contribution in [2.75, 3.05) is 0 Å². The van der Waals surface area contributed by atoms with Gasteiger partial charge in [-0.2, -0.15) is 0 Å². The summed E-state index contributed by atoms with van der Waals surface area (Å²) in [6.45, 7) is 4.22. The van der Waals surface area contributed by atoms with E-state index >= 15 is 0 Å². The number of ketones is 1. The van der Waals surface area contributed by atoms with Crippen molar-refractivity contribution in [3.05, 3.63) is 100 Å². The lowest BCUT2D eigenvalue weighted by molar-refractivity contribution is 0.0939. The zero-order valence-corrected chi connectivity index (χ0v) is 16.3. The zero-order chi connectivity index (χ0) is 20.4. The van der Waals surface area contributed by atoms with Crippen LogP contribution in [-0.2, 0) is 6.54 Å². The van der Waals surface area contributed by atoms with E-state index in [9.17, 15) is 9.59 Å². The molecule has 0 aliphatic heterocycles. The van der Waals surface area contributed by atoms with Crippen LogP contribution in [0.2, 0.25) is 0 Å². The van der Waals surface area contributed by atoms with Gasteiger partial charge in [-0.15, -0.1) is 0 Å². The largest absolute Gasteiger partial charge is 0.345 e. The van der Waals surface area contributed by atoms with Gasteiger partial charge in [0.1, 0.15) is 5.82 Å². The summed E-state index contributed by atoms with van der Waals surface area (Å²) >= 11 is 0. The maximum atomic E-state index is 13.0. The van der Waals surface area contributed by atoms with E-state index in [4.69, 9.17) is 0 Å². The van der Waals surface area contributed by atoms with Crippen molar-refractivity contribution >= 4 is 22.7 Å². The third-order valence-electron chi connectivity index (χ3n) is 5.04.